The molecule has 2 heterocycles. The lowest BCUT2D eigenvalue weighted by atomic mass is 10.2. The molecule has 1 atom stereocenters. The van der Waals surface area contributed by atoms with E-state index < -0.39 is 0 Å². The van der Waals surface area contributed by atoms with Crippen LogP contribution in [0.3, 0.4) is 0 Å². The maximum absolute atomic E-state index is 12.5. The van der Waals surface area contributed by atoms with Crippen LogP contribution in [0.1, 0.15) is 20.7 Å². The molecule has 1 aromatic carbocycles. The summed E-state index contributed by atoms with van der Waals surface area (Å²) in [7, 11) is 0. The number of benzene rings is 1. The Labute approximate surface area is 133 Å². The predicted molar refractivity (Wildman–Crippen MR) is 91.2 cm³/mol. The molecular formula is C16H18N2OS2. The maximum Gasteiger partial charge on any atom is 0.323 e. The summed E-state index contributed by atoms with van der Waals surface area (Å²) in [5.74, 6) is 0.989. The Balaban J connectivity index is 1.74. The fourth-order valence-electron chi connectivity index (χ4n) is 2.42. The van der Waals surface area contributed by atoms with E-state index in [4.69, 9.17) is 0 Å². The van der Waals surface area contributed by atoms with Crippen molar-refractivity contribution in [3.8, 4) is 0 Å². The Bertz CT molecular complexity index is 653. The number of hydrogen-bond acceptors (Lipinski definition) is 3. The number of carbonyl (C=O) groups excluding carboxylic acids is 1. The predicted octanol–water partition coefficient (Wildman–Crippen LogP) is 4.64. The third-order valence-corrected chi connectivity index (χ3v) is 5.87. The van der Waals surface area contributed by atoms with Crippen LogP contribution in [0.25, 0.3) is 0 Å². The van der Waals surface area contributed by atoms with Crippen molar-refractivity contribution >= 4 is 34.8 Å². The van der Waals surface area contributed by atoms with E-state index >= 15 is 0 Å². The number of nitrogens with zero attached hydrogens (tertiary/aromatic N) is 1. The van der Waals surface area contributed by atoms with Gasteiger partial charge in [0.2, 0.25) is 0 Å². The molecule has 3 nitrogen and oxygen atoms in total. The van der Waals surface area contributed by atoms with Gasteiger partial charge >= 0.3 is 6.03 Å². The van der Waals surface area contributed by atoms with E-state index in [1.807, 2.05) is 47.9 Å². The monoisotopic (exact) mass is 318 g/mol. The Kier molecular flexibility index (Phi) is 4.22. The summed E-state index contributed by atoms with van der Waals surface area (Å²) >= 11 is 3.61. The molecule has 2 aromatic rings. The second-order valence-electron chi connectivity index (χ2n) is 5.16. The van der Waals surface area contributed by atoms with Gasteiger partial charge in [0.25, 0.3) is 0 Å². The SMILES string of the molecule is Cc1cccc(NC(=O)N2CCS[C@H]2c2ccc(C)s2)c1. The van der Waals surface area contributed by atoms with Crippen molar-refractivity contribution < 1.29 is 4.79 Å². The molecule has 0 bridgehead atoms. The molecule has 21 heavy (non-hydrogen) atoms. The quantitative estimate of drug-likeness (QED) is 0.874. The summed E-state index contributed by atoms with van der Waals surface area (Å²) < 4.78 is 0. The molecule has 1 aliphatic heterocycles. The number of carbonyl (C=O) groups is 1. The Morgan fingerprint density at radius 2 is 2.14 bits per heavy atom. The number of amides is 2. The molecule has 1 aliphatic rings. The van der Waals surface area contributed by atoms with Crippen molar-refractivity contribution in [2.45, 2.75) is 19.2 Å². The highest BCUT2D eigenvalue weighted by atomic mass is 32.2. The van der Waals surface area contributed by atoms with Crippen molar-refractivity contribution in [2.75, 3.05) is 17.6 Å². The van der Waals surface area contributed by atoms with Gasteiger partial charge in [-0.1, -0.05) is 12.1 Å². The zero-order valence-corrected chi connectivity index (χ0v) is 13.8. The summed E-state index contributed by atoms with van der Waals surface area (Å²) in [4.78, 5) is 17.0. The van der Waals surface area contributed by atoms with Gasteiger partial charge in [-0.15, -0.1) is 23.1 Å². The summed E-state index contributed by atoms with van der Waals surface area (Å²) in [5, 5.41) is 3.16. The Morgan fingerprint density at radius 1 is 1.29 bits per heavy atom. The van der Waals surface area contributed by atoms with Gasteiger partial charge in [-0.2, -0.15) is 0 Å². The molecule has 2 amide bonds. The van der Waals surface area contributed by atoms with E-state index in [9.17, 15) is 4.79 Å². The fourth-order valence-corrected chi connectivity index (χ4v) is 4.79. The molecule has 1 aromatic heterocycles. The highest BCUT2D eigenvalue weighted by molar-refractivity contribution is 7.99. The molecule has 1 saturated heterocycles. The van der Waals surface area contributed by atoms with E-state index in [0.29, 0.717) is 0 Å². The van der Waals surface area contributed by atoms with Crippen molar-refractivity contribution in [3.63, 3.8) is 0 Å². The van der Waals surface area contributed by atoms with Crippen LogP contribution >= 0.6 is 23.1 Å². The molecule has 3 rings (SSSR count). The van der Waals surface area contributed by atoms with Crippen LogP contribution in [0.5, 0.6) is 0 Å². The summed E-state index contributed by atoms with van der Waals surface area (Å²) in [5.41, 5.74) is 2.01. The third kappa shape index (κ3) is 3.24. The van der Waals surface area contributed by atoms with E-state index in [0.717, 1.165) is 23.5 Å². The zero-order valence-electron chi connectivity index (χ0n) is 12.1. The lowest BCUT2D eigenvalue weighted by molar-refractivity contribution is 0.215. The van der Waals surface area contributed by atoms with Crippen LogP contribution in [0, 0.1) is 13.8 Å². The number of anilines is 1. The van der Waals surface area contributed by atoms with Crippen molar-refractivity contribution in [1.82, 2.24) is 4.90 Å². The zero-order chi connectivity index (χ0) is 14.8. The lowest BCUT2D eigenvalue weighted by Gasteiger charge is -2.23. The molecule has 0 unspecified atom stereocenters. The Hall–Kier alpha value is -1.46. The molecule has 0 spiro atoms. The summed E-state index contributed by atoms with van der Waals surface area (Å²) in [6.45, 7) is 4.92. The smallest absolute Gasteiger partial charge is 0.308 e. The minimum absolute atomic E-state index is 0.0124. The third-order valence-electron chi connectivity index (χ3n) is 3.43. The molecule has 5 heteroatoms. The Morgan fingerprint density at radius 3 is 2.86 bits per heavy atom. The maximum atomic E-state index is 12.5. The lowest BCUT2D eigenvalue weighted by Crippen LogP contribution is -2.34. The topological polar surface area (TPSA) is 32.3 Å². The van der Waals surface area contributed by atoms with Crippen molar-refractivity contribution in [1.29, 1.82) is 0 Å². The average Bonchev–Trinajstić information content (AvgIpc) is 3.06. The standard InChI is InChI=1S/C16H18N2OS2/c1-11-4-3-5-13(10-11)17-16(19)18-8-9-20-15(18)14-7-6-12(2)21-14/h3-7,10,15H,8-9H2,1-2H3,(H,17,19)/t15-/m0/s1. The van der Waals surface area contributed by atoms with Crippen LogP contribution in [0.2, 0.25) is 0 Å². The van der Waals surface area contributed by atoms with E-state index in [1.165, 1.54) is 9.75 Å². The van der Waals surface area contributed by atoms with Gasteiger partial charge in [-0.3, -0.25) is 0 Å². The number of thioether (sulfide) groups is 1. The summed E-state index contributed by atoms with van der Waals surface area (Å²) in [6, 6.07) is 12.2. The van der Waals surface area contributed by atoms with E-state index in [-0.39, 0.29) is 11.4 Å². The number of urea groups is 1. The molecule has 110 valence electrons. The first-order valence-electron chi connectivity index (χ1n) is 6.96. The number of thiophene rings is 1. The highest BCUT2D eigenvalue weighted by Gasteiger charge is 2.31. The van der Waals surface area contributed by atoms with Crippen molar-refractivity contribution in [2.24, 2.45) is 0 Å². The highest BCUT2D eigenvalue weighted by Crippen LogP contribution is 2.41. The number of hydrogen-bond donors (Lipinski definition) is 1. The first kappa shape index (κ1) is 14.5. The van der Waals surface area contributed by atoms with Crippen LogP contribution in [-0.2, 0) is 0 Å². The van der Waals surface area contributed by atoms with E-state index in [1.54, 1.807) is 11.3 Å². The van der Waals surface area contributed by atoms with Crippen LogP contribution in [-0.4, -0.2) is 23.2 Å². The molecule has 0 aliphatic carbocycles. The molecule has 0 saturated carbocycles. The molecule has 1 N–H and O–H groups in total. The minimum atomic E-state index is -0.0124. The van der Waals surface area contributed by atoms with Crippen molar-refractivity contribution in [3.05, 3.63) is 51.7 Å². The fraction of sp³-hybridized carbons (Fsp3) is 0.312. The first-order valence-corrected chi connectivity index (χ1v) is 8.82. The van der Waals surface area contributed by atoms with Crippen LogP contribution < -0.4 is 5.32 Å². The van der Waals surface area contributed by atoms with Gasteiger partial charge in [0.05, 0.1) is 0 Å². The van der Waals surface area contributed by atoms with Gasteiger partial charge in [-0.25, -0.2) is 4.79 Å². The number of rotatable bonds is 2. The second-order valence-corrected chi connectivity index (χ2v) is 7.67. The molecule has 1 fully saturated rings. The van der Waals surface area contributed by atoms with Crippen LogP contribution in [0.15, 0.2) is 36.4 Å². The largest absolute Gasteiger partial charge is 0.323 e. The van der Waals surface area contributed by atoms with Gasteiger partial charge in [0.1, 0.15) is 5.37 Å². The molecular weight excluding hydrogens is 300 g/mol. The van der Waals surface area contributed by atoms with Crippen LogP contribution in [0.4, 0.5) is 10.5 Å². The summed E-state index contributed by atoms with van der Waals surface area (Å²) in [6.07, 6.45) is 0. The minimum Gasteiger partial charge on any atom is -0.308 e. The van der Waals surface area contributed by atoms with Gasteiger partial charge in [-0.05, 0) is 43.7 Å². The second kappa shape index (κ2) is 6.12. The van der Waals surface area contributed by atoms with Gasteiger partial charge < -0.3 is 10.2 Å². The molecule has 0 radical (unpaired) electrons. The number of nitrogens with one attached hydrogen (secondary N) is 1. The van der Waals surface area contributed by atoms with Gasteiger partial charge in [0.15, 0.2) is 0 Å². The van der Waals surface area contributed by atoms with E-state index in [2.05, 4.69) is 24.4 Å². The normalized spacial score (nSPS) is 18.0. The first-order chi connectivity index (χ1) is 10.1. The van der Waals surface area contributed by atoms with Gasteiger partial charge in [0, 0.05) is 27.7 Å². The number of aryl methyl sites for hydroxylation is 2. The average molecular weight is 318 g/mol.